The van der Waals surface area contributed by atoms with Crippen molar-refractivity contribution in [3.05, 3.63) is 58.5 Å². The SMILES string of the molecule is COc1ccc(N2C(S)=C(C#N)C(=O)NC2c2ccc(C)o2)cc1. The largest absolute Gasteiger partial charge is 0.497 e. The monoisotopic (exact) mass is 341 g/mol. The summed E-state index contributed by atoms with van der Waals surface area (Å²) >= 11 is 4.42. The van der Waals surface area contributed by atoms with Crippen LogP contribution in [0.2, 0.25) is 0 Å². The third-order valence-electron chi connectivity index (χ3n) is 3.70. The van der Waals surface area contributed by atoms with Gasteiger partial charge >= 0.3 is 0 Å². The molecule has 0 bridgehead atoms. The molecule has 1 aromatic carbocycles. The molecule has 1 unspecified atom stereocenters. The third kappa shape index (κ3) is 2.72. The molecule has 1 aliphatic rings. The standard InChI is InChI=1S/C17H15N3O3S/c1-10-3-8-14(23-10)15-19-16(21)13(9-18)17(24)20(15)11-4-6-12(22-2)7-5-11/h3-8,15,24H,1-2H3,(H,19,21). The van der Waals surface area contributed by atoms with Gasteiger partial charge in [0.1, 0.15) is 28.9 Å². The van der Waals surface area contributed by atoms with Crippen LogP contribution in [0.15, 0.2) is 51.4 Å². The van der Waals surface area contributed by atoms with Crippen molar-refractivity contribution in [2.45, 2.75) is 13.1 Å². The van der Waals surface area contributed by atoms with E-state index in [1.54, 1.807) is 30.2 Å². The van der Waals surface area contributed by atoms with Gasteiger partial charge in [0.2, 0.25) is 0 Å². The van der Waals surface area contributed by atoms with Crippen LogP contribution in [0.1, 0.15) is 17.7 Å². The van der Waals surface area contributed by atoms with Crippen molar-refractivity contribution in [3.63, 3.8) is 0 Å². The van der Waals surface area contributed by atoms with Crippen LogP contribution in [-0.4, -0.2) is 13.0 Å². The molecule has 0 aliphatic carbocycles. The maximum atomic E-state index is 12.2. The number of carbonyl (C=O) groups excluding carboxylic acids is 1. The van der Waals surface area contributed by atoms with Gasteiger partial charge in [-0.2, -0.15) is 5.26 Å². The molecular formula is C17H15N3O3S. The Kier molecular flexibility index (Phi) is 4.23. The first-order valence-corrected chi connectivity index (χ1v) is 7.63. The summed E-state index contributed by atoms with van der Waals surface area (Å²) in [6, 6.07) is 12.7. The zero-order valence-electron chi connectivity index (χ0n) is 13.1. The Bertz CT molecular complexity index is 849. The molecule has 7 heteroatoms. The highest BCUT2D eigenvalue weighted by molar-refractivity contribution is 7.84. The summed E-state index contributed by atoms with van der Waals surface area (Å²) in [4.78, 5) is 13.9. The Morgan fingerprint density at radius 3 is 2.54 bits per heavy atom. The Hall–Kier alpha value is -2.85. The highest BCUT2D eigenvalue weighted by Gasteiger charge is 2.35. The molecule has 0 fully saturated rings. The minimum absolute atomic E-state index is 0.0475. The van der Waals surface area contributed by atoms with E-state index in [-0.39, 0.29) is 10.6 Å². The topological polar surface area (TPSA) is 78.5 Å². The molecule has 1 aromatic heterocycles. The van der Waals surface area contributed by atoms with E-state index in [2.05, 4.69) is 17.9 Å². The van der Waals surface area contributed by atoms with Crippen molar-refractivity contribution in [1.29, 1.82) is 5.26 Å². The molecule has 2 heterocycles. The zero-order valence-corrected chi connectivity index (χ0v) is 14.0. The second kappa shape index (κ2) is 6.34. The second-order valence-corrected chi connectivity index (χ2v) is 5.63. The molecule has 0 spiro atoms. The van der Waals surface area contributed by atoms with Crippen molar-refractivity contribution in [2.24, 2.45) is 0 Å². The molecule has 1 amide bonds. The maximum absolute atomic E-state index is 12.2. The van der Waals surface area contributed by atoms with Crippen LogP contribution in [0.5, 0.6) is 5.75 Å². The number of carbonyl (C=O) groups is 1. The van der Waals surface area contributed by atoms with E-state index >= 15 is 0 Å². The number of methoxy groups -OCH3 is 1. The van der Waals surface area contributed by atoms with Crippen molar-refractivity contribution in [3.8, 4) is 11.8 Å². The van der Waals surface area contributed by atoms with Gasteiger partial charge in [-0.1, -0.05) is 0 Å². The molecule has 1 atom stereocenters. The minimum Gasteiger partial charge on any atom is -0.497 e. The van der Waals surface area contributed by atoms with Crippen LogP contribution in [-0.2, 0) is 4.79 Å². The van der Waals surface area contributed by atoms with E-state index in [9.17, 15) is 10.1 Å². The molecule has 1 N–H and O–H groups in total. The third-order valence-corrected chi connectivity index (χ3v) is 4.14. The number of rotatable bonds is 3. The predicted molar refractivity (Wildman–Crippen MR) is 91.4 cm³/mol. The minimum atomic E-state index is -0.593. The van der Waals surface area contributed by atoms with E-state index in [0.717, 1.165) is 11.4 Å². The summed E-state index contributed by atoms with van der Waals surface area (Å²) in [5.74, 6) is 1.51. The lowest BCUT2D eigenvalue weighted by molar-refractivity contribution is -0.118. The van der Waals surface area contributed by atoms with Gasteiger partial charge in [0, 0.05) is 5.69 Å². The van der Waals surface area contributed by atoms with Crippen molar-refractivity contribution < 1.29 is 13.9 Å². The van der Waals surface area contributed by atoms with Gasteiger partial charge in [-0.15, -0.1) is 12.6 Å². The number of nitriles is 1. The van der Waals surface area contributed by atoms with Crippen LogP contribution in [0, 0.1) is 18.3 Å². The lowest BCUT2D eigenvalue weighted by Gasteiger charge is -2.36. The summed E-state index contributed by atoms with van der Waals surface area (Å²) in [6.45, 7) is 1.82. The Labute approximate surface area is 144 Å². The number of hydrogen-bond acceptors (Lipinski definition) is 6. The van der Waals surface area contributed by atoms with Crippen LogP contribution >= 0.6 is 12.6 Å². The summed E-state index contributed by atoms with van der Waals surface area (Å²) in [5, 5.41) is 12.3. The van der Waals surface area contributed by atoms with Crippen LogP contribution in [0.4, 0.5) is 5.69 Å². The maximum Gasteiger partial charge on any atom is 0.266 e. The quantitative estimate of drug-likeness (QED) is 0.839. The summed E-state index contributed by atoms with van der Waals surface area (Å²) < 4.78 is 10.8. The molecule has 24 heavy (non-hydrogen) atoms. The fraction of sp³-hybridized carbons (Fsp3) is 0.176. The first-order valence-electron chi connectivity index (χ1n) is 7.19. The fourth-order valence-corrected chi connectivity index (χ4v) is 2.90. The number of benzene rings is 1. The smallest absolute Gasteiger partial charge is 0.266 e. The number of furan rings is 1. The summed E-state index contributed by atoms with van der Waals surface area (Å²) in [5.41, 5.74) is 0.696. The first kappa shape index (κ1) is 16.0. The van der Waals surface area contributed by atoms with Crippen LogP contribution < -0.4 is 15.0 Å². The number of thiol groups is 1. The number of anilines is 1. The van der Waals surface area contributed by atoms with E-state index in [4.69, 9.17) is 9.15 Å². The van der Waals surface area contributed by atoms with E-state index < -0.39 is 12.1 Å². The number of nitrogens with one attached hydrogen (secondary N) is 1. The Balaban J connectivity index is 2.11. The first-order chi connectivity index (χ1) is 11.5. The van der Waals surface area contributed by atoms with Crippen LogP contribution in [0.25, 0.3) is 0 Å². The van der Waals surface area contributed by atoms with Crippen molar-refractivity contribution in [1.82, 2.24) is 5.32 Å². The average Bonchev–Trinajstić information content (AvgIpc) is 3.01. The second-order valence-electron chi connectivity index (χ2n) is 5.20. The van der Waals surface area contributed by atoms with Gasteiger partial charge in [0.25, 0.3) is 5.91 Å². The van der Waals surface area contributed by atoms with E-state index in [1.165, 1.54) is 0 Å². The highest BCUT2D eigenvalue weighted by Crippen LogP contribution is 2.36. The lowest BCUT2D eigenvalue weighted by atomic mass is 10.1. The van der Waals surface area contributed by atoms with Crippen LogP contribution in [0.3, 0.4) is 0 Å². The zero-order chi connectivity index (χ0) is 17.3. The van der Waals surface area contributed by atoms with Crippen molar-refractivity contribution in [2.75, 3.05) is 12.0 Å². The molecule has 1 aliphatic heterocycles. The highest BCUT2D eigenvalue weighted by atomic mass is 32.1. The van der Waals surface area contributed by atoms with Gasteiger partial charge in [-0.05, 0) is 43.3 Å². The number of nitrogens with zero attached hydrogens (tertiary/aromatic N) is 2. The Morgan fingerprint density at radius 2 is 2.00 bits per heavy atom. The molecule has 3 rings (SSSR count). The van der Waals surface area contributed by atoms with E-state index in [0.29, 0.717) is 11.5 Å². The molecule has 6 nitrogen and oxygen atoms in total. The molecule has 122 valence electrons. The molecule has 2 aromatic rings. The number of hydrogen-bond donors (Lipinski definition) is 2. The molecular weight excluding hydrogens is 326 g/mol. The number of ether oxygens (including phenoxy) is 1. The normalized spacial score (nSPS) is 17.5. The van der Waals surface area contributed by atoms with Gasteiger partial charge < -0.3 is 19.4 Å². The average molecular weight is 341 g/mol. The van der Waals surface area contributed by atoms with Gasteiger partial charge in [0.05, 0.1) is 12.1 Å². The lowest BCUT2D eigenvalue weighted by Crippen LogP contribution is -2.45. The van der Waals surface area contributed by atoms with E-state index in [1.807, 2.05) is 31.2 Å². The molecule has 0 saturated heterocycles. The Morgan fingerprint density at radius 1 is 1.29 bits per heavy atom. The van der Waals surface area contributed by atoms with Gasteiger partial charge in [0.15, 0.2) is 6.17 Å². The summed E-state index contributed by atoms with van der Waals surface area (Å²) in [7, 11) is 1.59. The molecule has 0 saturated carbocycles. The molecule has 0 radical (unpaired) electrons. The van der Waals surface area contributed by atoms with Crippen molar-refractivity contribution >= 4 is 24.2 Å². The van der Waals surface area contributed by atoms with Gasteiger partial charge in [-0.3, -0.25) is 4.79 Å². The number of aryl methyl sites for hydroxylation is 1. The fourth-order valence-electron chi connectivity index (χ4n) is 2.52. The predicted octanol–water partition coefficient (Wildman–Crippen LogP) is 2.90. The van der Waals surface area contributed by atoms with Gasteiger partial charge in [-0.25, -0.2) is 0 Å². The number of amides is 1. The summed E-state index contributed by atoms with van der Waals surface area (Å²) in [6.07, 6.45) is -0.593.